The van der Waals surface area contributed by atoms with Gasteiger partial charge in [-0.2, -0.15) is 0 Å². The number of rotatable bonds is 9. The fourth-order valence-electron chi connectivity index (χ4n) is 4.25. The van der Waals surface area contributed by atoms with Crippen LogP contribution in [0.15, 0.2) is 42.5 Å². The van der Waals surface area contributed by atoms with Gasteiger partial charge in [-0.25, -0.2) is 8.42 Å². The lowest BCUT2D eigenvalue weighted by Crippen LogP contribution is -2.52. The fourth-order valence-corrected chi connectivity index (χ4v) is 5.53. The Morgan fingerprint density at radius 3 is 2.37 bits per heavy atom. The summed E-state index contributed by atoms with van der Waals surface area (Å²) in [6.07, 6.45) is 4.99. The summed E-state index contributed by atoms with van der Waals surface area (Å²) >= 11 is 12.3. The number of nitrogens with one attached hydrogen (secondary N) is 1. The molecule has 1 aliphatic rings. The molecule has 1 N–H and O–H groups in total. The van der Waals surface area contributed by atoms with Crippen molar-refractivity contribution in [2.75, 3.05) is 17.1 Å². The first-order chi connectivity index (χ1) is 16.5. The van der Waals surface area contributed by atoms with Crippen molar-refractivity contribution >= 4 is 50.7 Å². The number of amides is 2. The number of aryl methyl sites for hydroxylation is 1. The largest absolute Gasteiger partial charge is 0.352 e. The zero-order chi connectivity index (χ0) is 25.8. The van der Waals surface area contributed by atoms with Crippen LogP contribution in [0.3, 0.4) is 0 Å². The molecule has 0 unspecified atom stereocenters. The van der Waals surface area contributed by atoms with E-state index in [2.05, 4.69) is 5.32 Å². The molecule has 1 saturated carbocycles. The van der Waals surface area contributed by atoms with E-state index in [9.17, 15) is 18.0 Å². The molecule has 35 heavy (non-hydrogen) atoms. The topological polar surface area (TPSA) is 86.8 Å². The molecule has 0 spiro atoms. The van der Waals surface area contributed by atoms with Gasteiger partial charge in [0.15, 0.2) is 0 Å². The van der Waals surface area contributed by atoms with Crippen molar-refractivity contribution in [3.05, 3.63) is 63.6 Å². The van der Waals surface area contributed by atoms with Crippen molar-refractivity contribution in [3.8, 4) is 0 Å². The van der Waals surface area contributed by atoms with Crippen molar-refractivity contribution in [3.63, 3.8) is 0 Å². The highest BCUT2D eigenvalue weighted by Gasteiger charge is 2.31. The van der Waals surface area contributed by atoms with Gasteiger partial charge in [0.1, 0.15) is 12.6 Å². The fraction of sp³-hybridized carbons (Fsp3) is 0.440. The van der Waals surface area contributed by atoms with Gasteiger partial charge in [0.2, 0.25) is 21.8 Å². The Hall–Kier alpha value is -2.29. The van der Waals surface area contributed by atoms with Crippen LogP contribution in [0.2, 0.25) is 10.0 Å². The van der Waals surface area contributed by atoms with Gasteiger partial charge < -0.3 is 10.2 Å². The third kappa shape index (κ3) is 7.35. The molecule has 2 aromatic carbocycles. The smallest absolute Gasteiger partial charge is 0.244 e. The van der Waals surface area contributed by atoms with E-state index in [-0.39, 0.29) is 18.5 Å². The molecule has 0 saturated heterocycles. The molecule has 1 aliphatic carbocycles. The van der Waals surface area contributed by atoms with Gasteiger partial charge in [-0.05, 0) is 62.1 Å². The molecule has 0 aromatic heterocycles. The SMILES string of the molecule is Cc1ccc(Cl)cc1N(CC(=O)N(Cc1cccc(Cl)c1)[C@H](C)C(=O)NC1CCCC1)S(C)(=O)=O. The molecule has 0 bridgehead atoms. The van der Waals surface area contributed by atoms with Crippen LogP contribution in [0.1, 0.15) is 43.7 Å². The number of carbonyl (C=O) groups is 2. The van der Waals surface area contributed by atoms with Crippen molar-refractivity contribution in [1.29, 1.82) is 0 Å². The highest BCUT2D eigenvalue weighted by atomic mass is 35.5. The normalized spacial score (nSPS) is 15.0. The molecular formula is C25H31Cl2N3O4S. The summed E-state index contributed by atoms with van der Waals surface area (Å²) in [4.78, 5) is 28.1. The predicted molar refractivity (Wildman–Crippen MR) is 140 cm³/mol. The molecule has 0 heterocycles. The third-order valence-electron chi connectivity index (χ3n) is 6.23. The average Bonchev–Trinajstić information content (AvgIpc) is 3.29. The molecule has 2 aromatic rings. The van der Waals surface area contributed by atoms with Crippen LogP contribution in [-0.4, -0.2) is 50.0 Å². The molecule has 10 heteroatoms. The van der Waals surface area contributed by atoms with Crippen molar-refractivity contribution < 1.29 is 18.0 Å². The van der Waals surface area contributed by atoms with Gasteiger partial charge in [-0.3, -0.25) is 13.9 Å². The molecule has 1 fully saturated rings. The number of hydrogen-bond acceptors (Lipinski definition) is 4. The number of sulfonamides is 1. The first-order valence-electron chi connectivity index (χ1n) is 11.5. The van der Waals surface area contributed by atoms with Crippen LogP contribution < -0.4 is 9.62 Å². The van der Waals surface area contributed by atoms with Gasteiger partial charge >= 0.3 is 0 Å². The van der Waals surface area contributed by atoms with Crippen LogP contribution >= 0.6 is 23.2 Å². The monoisotopic (exact) mass is 539 g/mol. The van der Waals surface area contributed by atoms with Gasteiger partial charge in [-0.1, -0.05) is 54.2 Å². The molecule has 3 rings (SSSR count). The first kappa shape index (κ1) is 27.3. The summed E-state index contributed by atoms with van der Waals surface area (Å²) in [5.74, 6) is -0.777. The second kappa shape index (κ2) is 11.6. The van der Waals surface area contributed by atoms with Gasteiger partial charge in [0, 0.05) is 22.6 Å². The standard InChI is InChI=1S/C25H31Cl2N3O4S/c1-17-11-12-21(27)14-23(17)30(35(3,33)34)16-24(31)29(15-19-7-6-8-20(26)13-19)18(2)25(32)28-22-9-4-5-10-22/h6-8,11-14,18,22H,4-5,9-10,15-16H2,1-3H3,(H,28,32)/t18-/m1/s1. The summed E-state index contributed by atoms with van der Waals surface area (Å²) in [5, 5.41) is 3.89. The Bertz CT molecular complexity index is 1180. The van der Waals surface area contributed by atoms with Crippen LogP contribution in [0.25, 0.3) is 0 Å². The summed E-state index contributed by atoms with van der Waals surface area (Å²) in [6.45, 7) is 3.03. The lowest BCUT2D eigenvalue weighted by molar-refractivity contribution is -0.139. The second-order valence-corrected chi connectivity index (χ2v) is 11.8. The maximum absolute atomic E-state index is 13.6. The number of carbonyl (C=O) groups excluding carboxylic acids is 2. The minimum atomic E-state index is -3.82. The molecule has 1 atom stereocenters. The minimum Gasteiger partial charge on any atom is -0.352 e. The number of benzene rings is 2. The van der Waals surface area contributed by atoms with E-state index in [1.807, 2.05) is 6.07 Å². The maximum Gasteiger partial charge on any atom is 0.244 e. The Balaban J connectivity index is 1.91. The van der Waals surface area contributed by atoms with Crippen LogP contribution in [0.5, 0.6) is 0 Å². The van der Waals surface area contributed by atoms with E-state index < -0.39 is 28.5 Å². The van der Waals surface area contributed by atoms with E-state index in [4.69, 9.17) is 23.2 Å². The lowest BCUT2D eigenvalue weighted by atomic mass is 10.1. The summed E-state index contributed by atoms with van der Waals surface area (Å²) < 4.78 is 26.4. The Morgan fingerprint density at radius 2 is 1.74 bits per heavy atom. The molecule has 190 valence electrons. The quantitative estimate of drug-likeness (QED) is 0.506. The summed E-state index contributed by atoms with van der Waals surface area (Å²) in [5.41, 5.74) is 1.70. The van der Waals surface area contributed by atoms with Gasteiger partial charge in [0.05, 0.1) is 11.9 Å². The van der Waals surface area contributed by atoms with E-state index in [1.54, 1.807) is 44.2 Å². The molecule has 0 aliphatic heterocycles. The second-order valence-electron chi connectivity index (χ2n) is 9.02. The van der Waals surface area contributed by atoms with Crippen molar-refractivity contribution in [1.82, 2.24) is 10.2 Å². The van der Waals surface area contributed by atoms with E-state index >= 15 is 0 Å². The Kier molecular flexibility index (Phi) is 9.07. The average molecular weight is 541 g/mol. The Morgan fingerprint density at radius 1 is 1.09 bits per heavy atom. The summed E-state index contributed by atoms with van der Waals surface area (Å²) in [7, 11) is -3.82. The highest BCUT2D eigenvalue weighted by molar-refractivity contribution is 7.92. The van der Waals surface area contributed by atoms with E-state index in [0.717, 1.165) is 41.8 Å². The number of halogens is 2. The molecule has 7 nitrogen and oxygen atoms in total. The highest BCUT2D eigenvalue weighted by Crippen LogP contribution is 2.27. The predicted octanol–water partition coefficient (Wildman–Crippen LogP) is 4.54. The third-order valence-corrected chi connectivity index (χ3v) is 7.83. The molecular weight excluding hydrogens is 509 g/mol. The molecule has 0 radical (unpaired) electrons. The maximum atomic E-state index is 13.6. The van der Waals surface area contributed by atoms with Crippen molar-refractivity contribution in [2.24, 2.45) is 0 Å². The van der Waals surface area contributed by atoms with Crippen molar-refractivity contribution in [2.45, 2.75) is 58.2 Å². The lowest BCUT2D eigenvalue weighted by Gasteiger charge is -2.32. The Labute approximate surface area is 217 Å². The zero-order valence-electron chi connectivity index (χ0n) is 20.1. The molecule has 2 amide bonds. The zero-order valence-corrected chi connectivity index (χ0v) is 22.5. The summed E-state index contributed by atoms with van der Waals surface area (Å²) in [6, 6.07) is 11.2. The van der Waals surface area contributed by atoms with E-state index in [1.165, 1.54) is 11.0 Å². The first-order valence-corrected chi connectivity index (χ1v) is 14.1. The van der Waals surface area contributed by atoms with Gasteiger partial charge in [0.25, 0.3) is 0 Å². The number of anilines is 1. The minimum absolute atomic E-state index is 0.0923. The van der Waals surface area contributed by atoms with Crippen LogP contribution in [0.4, 0.5) is 5.69 Å². The van der Waals surface area contributed by atoms with E-state index in [0.29, 0.717) is 21.3 Å². The number of hydrogen-bond donors (Lipinski definition) is 1. The number of nitrogens with zero attached hydrogens (tertiary/aromatic N) is 2. The van der Waals surface area contributed by atoms with Gasteiger partial charge in [-0.15, -0.1) is 0 Å². The van der Waals surface area contributed by atoms with Crippen LogP contribution in [-0.2, 0) is 26.2 Å². The van der Waals surface area contributed by atoms with Crippen LogP contribution in [0, 0.1) is 6.92 Å².